The van der Waals surface area contributed by atoms with Gasteiger partial charge in [0.1, 0.15) is 0 Å². The van der Waals surface area contributed by atoms with E-state index < -0.39 is 0 Å². The molecule has 2 aliphatic rings. The Morgan fingerprint density at radius 2 is 2.09 bits per heavy atom. The van der Waals surface area contributed by atoms with Gasteiger partial charge in [0.25, 0.3) is 0 Å². The SMILES string of the molecule is CC(C)N1C2C=CC(C2)[C@H]1C. The molecule has 0 radical (unpaired) electrons. The maximum absolute atomic E-state index is 2.63. The average molecular weight is 151 g/mol. The highest BCUT2D eigenvalue weighted by Gasteiger charge is 2.40. The molecule has 1 aliphatic heterocycles. The molecule has 62 valence electrons. The van der Waals surface area contributed by atoms with Crippen LogP contribution in [-0.4, -0.2) is 23.0 Å². The van der Waals surface area contributed by atoms with Crippen LogP contribution in [0.25, 0.3) is 0 Å². The van der Waals surface area contributed by atoms with Crippen LogP contribution in [0.15, 0.2) is 12.2 Å². The van der Waals surface area contributed by atoms with Gasteiger partial charge in [0.2, 0.25) is 0 Å². The van der Waals surface area contributed by atoms with Gasteiger partial charge in [0.05, 0.1) is 0 Å². The van der Waals surface area contributed by atoms with Crippen molar-refractivity contribution in [3.8, 4) is 0 Å². The summed E-state index contributed by atoms with van der Waals surface area (Å²) in [4.78, 5) is 2.63. The van der Waals surface area contributed by atoms with Gasteiger partial charge in [-0.2, -0.15) is 0 Å². The molecule has 2 rings (SSSR count). The molecule has 0 amide bonds. The maximum atomic E-state index is 2.63. The smallest absolute Gasteiger partial charge is 0.0290 e. The Morgan fingerprint density at radius 1 is 1.36 bits per heavy atom. The van der Waals surface area contributed by atoms with Crippen molar-refractivity contribution in [3.05, 3.63) is 12.2 Å². The molecule has 1 heteroatoms. The summed E-state index contributed by atoms with van der Waals surface area (Å²) in [5.41, 5.74) is 0. The van der Waals surface area contributed by atoms with Gasteiger partial charge in [-0.3, -0.25) is 4.90 Å². The van der Waals surface area contributed by atoms with Gasteiger partial charge in [-0.25, -0.2) is 0 Å². The molecule has 3 atom stereocenters. The lowest BCUT2D eigenvalue weighted by atomic mass is 10.0. The largest absolute Gasteiger partial charge is 0.291 e. The Morgan fingerprint density at radius 3 is 2.45 bits per heavy atom. The highest BCUT2D eigenvalue weighted by molar-refractivity contribution is 5.16. The van der Waals surface area contributed by atoms with Crippen LogP contribution in [0.4, 0.5) is 0 Å². The summed E-state index contributed by atoms with van der Waals surface area (Å²) in [6.07, 6.45) is 6.15. The van der Waals surface area contributed by atoms with Crippen molar-refractivity contribution < 1.29 is 0 Å². The Hall–Kier alpha value is -0.300. The minimum Gasteiger partial charge on any atom is -0.291 e. The van der Waals surface area contributed by atoms with Crippen LogP contribution < -0.4 is 0 Å². The summed E-state index contributed by atoms with van der Waals surface area (Å²) in [6, 6.07) is 2.25. The van der Waals surface area contributed by atoms with Crippen LogP contribution in [0.1, 0.15) is 27.2 Å². The third-order valence-electron chi connectivity index (χ3n) is 3.16. The topological polar surface area (TPSA) is 3.24 Å². The van der Waals surface area contributed by atoms with E-state index in [0.29, 0.717) is 6.04 Å². The van der Waals surface area contributed by atoms with Crippen molar-refractivity contribution in [2.24, 2.45) is 5.92 Å². The molecular weight excluding hydrogens is 134 g/mol. The fourth-order valence-electron chi connectivity index (χ4n) is 2.66. The normalized spacial score (nSPS) is 42.7. The quantitative estimate of drug-likeness (QED) is 0.518. The molecule has 2 bridgehead atoms. The fourth-order valence-corrected chi connectivity index (χ4v) is 2.66. The zero-order valence-electron chi connectivity index (χ0n) is 7.62. The second-order valence-corrected chi connectivity index (χ2v) is 4.13. The standard InChI is InChI=1S/C10H17N/c1-7(2)11-8(3)9-4-5-10(11)6-9/h4-5,7-10H,6H2,1-3H3/t8-,9?,10?/m1/s1. The van der Waals surface area contributed by atoms with Crippen molar-refractivity contribution in [3.63, 3.8) is 0 Å². The Labute approximate surface area is 69.1 Å². The van der Waals surface area contributed by atoms with Gasteiger partial charge in [0.15, 0.2) is 0 Å². The molecule has 0 N–H and O–H groups in total. The van der Waals surface area contributed by atoms with E-state index in [1.807, 2.05) is 0 Å². The lowest BCUT2D eigenvalue weighted by Gasteiger charge is -2.33. The summed E-state index contributed by atoms with van der Waals surface area (Å²) in [7, 11) is 0. The first kappa shape index (κ1) is 7.35. The zero-order valence-corrected chi connectivity index (χ0v) is 7.62. The van der Waals surface area contributed by atoms with Crippen LogP contribution >= 0.6 is 0 Å². The number of fused-ring (bicyclic) bond motifs is 2. The third kappa shape index (κ3) is 0.943. The van der Waals surface area contributed by atoms with Gasteiger partial charge in [-0.1, -0.05) is 12.2 Å². The van der Waals surface area contributed by atoms with Crippen LogP contribution in [0.2, 0.25) is 0 Å². The first-order valence-electron chi connectivity index (χ1n) is 4.66. The molecule has 11 heavy (non-hydrogen) atoms. The summed E-state index contributed by atoms with van der Waals surface area (Å²) in [5, 5.41) is 0. The second-order valence-electron chi connectivity index (χ2n) is 4.13. The predicted octanol–water partition coefficient (Wildman–Crippen LogP) is 2.04. The lowest BCUT2D eigenvalue weighted by Crippen LogP contribution is -2.41. The molecule has 1 nitrogen and oxygen atoms in total. The Kier molecular flexibility index (Phi) is 1.57. The van der Waals surface area contributed by atoms with E-state index in [2.05, 4.69) is 37.8 Å². The van der Waals surface area contributed by atoms with Gasteiger partial charge in [-0.05, 0) is 33.1 Å². The van der Waals surface area contributed by atoms with Crippen LogP contribution in [0, 0.1) is 5.92 Å². The summed E-state index contributed by atoms with van der Waals surface area (Å²) >= 11 is 0. The summed E-state index contributed by atoms with van der Waals surface area (Å²) in [6.45, 7) is 6.95. The molecular formula is C10H17N. The second kappa shape index (κ2) is 2.34. The number of likely N-dealkylation sites (tertiary alicyclic amines) is 1. The molecule has 0 spiro atoms. The molecule has 0 saturated carbocycles. The molecule has 0 aromatic carbocycles. The van der Waals surface area contributed by atoms with Gasteiger partial charge >= 0.3 is 0 Å². The molecule has 1 saturated heterocycles. The Bertz CT molecular complexity index is 183. The molecule has 0 aromatic heterocycles. The van der Waals surface area contributed by atoms with E-state index in [4.69, 9.17) is 0 Å². The monoisotopic (exact) mass is 151 g/mol. The minimum atomic E-state index is 0.713. The Balaban J connectivity index is 2.18. The molecule has 0 aromatic rings. The van der Waals surface area contributed by atoms with Crippen LogP contribution in [0.5, 0.6) is 0 Å². The van der Waals surface area contributed by atoms with Crippen molar-refractivity contribution in [2.45, 2.75) is 45.3 Å². The highest BCUT2D eigenvalue weighted by Crippen LogP contribution is 2.37. The van der Waals surface area contributed by atoms with E-state index >= 15 is 0 Å². The maximum Gasteiger partial charge on any atom is 0.0290 e. The van der Waals surface area contributed by atoms with Gasteiger partial charge in [0, 0.05) is 18.1 Å². The van der Waals surface area contributed by atoms with Crippen LogP contribution in [0.3, 0.4) is 0 Å². The third-order valence-corrected chi connectivity index (χ3v) is 3.16. The summed E-state index contributed by atoms with van der Waals surface area (Å²) < 4.78 is 0. The molecule has 1 aliphatic carbocycles. The zero-order chi connectivity index (χ0) is 8.01. The van der Waals surface area contributed by atoms with Crippen molar-refractivity contribution >= 4 is 0 Å². The van der Waals surface area contributed by atoms with Crippen LogP contribution in [-0.2, 0) is 0 Å². The van der Waals surface area contributed by atoms with E-state index in [1.54, 1.807) is 0 Å². The van der Waals surface area contributed by atoms with Gasteiger partial charge in [-0.15, -0.1) is 0 Å². The molecule has 1 fully saturated rings. The minimum absolute atomic E-state index is 0.713. The number of nitrogens with zero attached hydrogens (tertiary/aromatic N) is 1. The first-order chi connectivity index (χ1) is 5.20. The average Bonchev–Trinajstić information content (AvgIpc) is 2.44. The lowest BCUT2D eigenvalue weighted by molar-refractivity contribution is 0.166. The van der Waals surface area contributed by atoms with Crippen molar-refractivity contribution in [1.29, 1.82) is 0 Å². The van der Waals surface area contributed by atoms with E-state index in [0.717, 1.165) is 18.0 Å². The van der Waals surface area contributed by atoms with E-state index in [-0.39, 0.29) is 0 Å². The van der Waals surface area contributed by atoms with Crippen molar-refractivity contribution in [1.82, 2.24) is 4.90 Å². The van der Waals surface area contributed by atoms with E-state index in [9.17, 15) is 0 Å². The number of hydrogen-bond acceptors (Lipinski definition) is 1. The number of hydrogen-bond donors (Lipinski definition) is 0. The first-order valence-corrected chi connectivity index (χ1v) is 4.66. The number of rotatable bonds is 1. The predicted molar refractivity (Wildman–Crippen MR) is 47.5 cm³/mol. The molecule has 1 heterocycles. The fraction of sp³-hybridized carbons (Fsp3) is 0.800. The summed E-state index contributed by atoms with van der Waals surface area (Å²) in [5.74, 6) is 0.849. The molecule has 2 unspecified atom stereocenters. The van der Waals surface area contributed by atoms with Crippen molar-refractivity contribution in [2.75, 3.05) is 0 Å². The van der Waals surface area contributed by atoms with E-state index in [1.165, 1.54) is 6.42 Å². The highest BCUT2D eigenvalue weighted by atomic mass is 15.2. The van der Waals surface area contributed by atoms with Gasteiger partial charge < -0.3 is 0 Å².